The number of hydrogen-bond acceptors (Lipinski definition) is 4. The van der Waals surface area contributed by atoms with E-state index in [-0.39, 0.29) is 17.0 Å². The fourth-order valence-electron chi connectivity index (χ4n) is 1.37. The third-order valence-corrected chi connectivity index (χ3v) is 2.26. The molecule has 2 aromatic rings. The van der Waals surface area contributed by atoms with Gasteiger partial charge in [0, 0.05) is 0 Å². The van der Waals surface area contributed by atoms with Crippen LogP contribution in [0.5, 0.6) is 5.75 Å². The quantitative estimate of drug-likeness (QED) is 0.808. The van der Waals surface area contributed by atoms with E-state index in [1.165, 1.54) is 18.2 Å². The normalized spacial score (nSPS) is 10.7. The van der Waals surface area contributed by atoms with E-state index in [1.807, 2.05) is 0 Å². The summed E-state index contributed by atoms with van der Waals surface area (Å²) in [5.41, 5.74) is 0.922. The molecule has 0 saturated heterocycles. The van der Waals surface area contributed by atoms with Crippen molar-refractivity contribution >= 4 is 17.3 Å². The molecule has 0 aliphatic carbocycles. The van der Waals surface area contributed by atoms with Gasteiger partial charge in [0.15, 0.2) is 0 Å². The minimum atomic E-state index is -1.05. The topological polar surface area (TPSA) is 82.2 Å². The highest BCUT2D eigenvalue weighted by molar-refractivity contribution is 5.93. The summed E-state index contributed by atoms with van der Waals surface area (Å²) in [7, 11) is 0. The first-order valence-corrected chi connectivity index (χ1v) is 5.20. The van der Waals surface area contributed by atoms with Crippen LogP contribution in [0, 0.1) is 0 Å². The fraction of sp³-hybridized carbons (Fsp3) is 0. The van der Waals surface area contributed by atoms with Gasteiger partial charge < -0.3 is 10.2 Å². The summed E-state index contributed by atoms with van der Waals surface area (Å²) in [4.78, 5) is 10.9. The molecule has 2 N–H and O–H groups in total. The molecular formula is C13H10N2O3. The molecule has 0 spiro atoms. The first-order chi connectivity index (χ1) is 8.66. The van der Waals surface area contributed by atoms with Crippen molar-refractivity contribution < 1.29 is 15.0 Å². The largest absolute Gasteiger partial charge is 0.508 e. The number of rotatable bonds is 3. The average Bonchev–Trinajstić information content (AvgIpc) is 2.38. The number of phenols is 1. The molecule has 0 bridgehead atoms. The van der Waals surface area contributed by atoms with Crippen LogP contribution in [0.1, 0.15) is 10.4 Å². The molecule has 0 aliphatic rings. The highest BCUT2D eigenvalue weighted by Crippen LogP contribution is 2.23. The van der Waals surface area contributed by atoms with Crippen LogP contribution in [0.3, 0.4) is 0 Å². The Hall–Kier alpha value is -2.69. The molecule has 0 unspecified atom stereocenters. The van der Waals surface area contributed by atoms with E-state index in [1.54, 1.807) is 30.3 Å². The maximum absolute atomic E-state index is 10.9. The predicted octanol–water partition coefficient (Wildman–Crippen LogP) is 3.51. The minimum Gasteiger partial charge on any atom is -0.508 e. The van der Waals surface area contributed by atoms with Gasteiger partial charge in [-0.2, -0.15) is 5.11 Å². The predicted molar refractivity (Wildman–Crippen MR) is 65.7 cm³/mol. The Morgan fingerprint density at radius 3 is 2.28 bits per heavy atom. The SMILES string of the molecule is O=C(O)c1ccccc1/N=N\c1ccc(O)cc1. The van der Waals surface area contributed by atoms with Crippen molar-refractivity contribution in [2.45, 2.75) is 0 Å². The van der Waals surface area contributed by atoms with Crippen molar-refractivity contribution in [1.82, 2.24) is 0 Å². The van der Waals surface area contributed by atoms with E-state index in [9.17, 15) is 4.79 Å². The van der Waals surface area contributed by atoms with Gasteiger partial charge in [-0.1, -0.05) is 12.1 Å². The van der Waals surface area contributed by atoms with Crippen molar-refractivity contribution in [3.05, 3.63) is 54.1 Å². The van der Waals surface area contributed by atoms with Crippen molar-refractivity contribution in [3.8, 4) is 5.75 Å². The van der Waals surface area contributed by atoms with Crippen LogP contribution in [0.4, 0.5) is 11.4 Å². The van der Waals surface area contributed by atoms with E-state index in [0.29, 0.717) is 5.69 Å². The summed E-state index contributed by atoms with van der Waals surface area (Å²) in [6.45, 7) is 0. The highest BCUT2D eigenvalue weighted by atomic mass is 16.4. The van der Waals surface area contributed by atoms with E-state index >= 15 is 0 Å². The average molecular weight is 242 g/mol. The molecule has 0 amide bonds. The Labute approximate surface area is 103 Å². The van der Waals surface area contributed by atoms with Crippen LogP contribution < -0.4 is 0 Å². The molecule has 2 aromatic carbocycles. The van der Waals surface area contributed by atoms with Crippen LogP contribution in [0.25, 0.3) is 0 Å². The molecule has 0 radical (unpaired) electrons. The monoisotopic (exact) mass is 242 g/mol. The van der Waals surface area contributed by atoms with Crippen LogP contribution in [0.15, 0.2) is 58.8 Å². The number of nitrogens with zero attached hydrogens (tertiary/aromatic N) is 2. The maximum atomic E-state index is 10.9. The smallest absolute Gasteiger partial charge is 0.337 e. The lowest BCUT2D eigenvalue weighted by molar-refractivity contribution is 0.0698. The summed E-state index contributed by atoms with van der Waals surface area (Å²) >= 11 is 0. The molecule has 0 fully saturated rings. The zero-order valence-corrected chi connectivity index (χ0v) is 9.32. The Morgan fingerprint density at radius 2 is 1.61 bits per heavy atom. The van der Waals surface area contributed by atoms with Gasteiger partial charge in [0.25, 0.3) is 0 Å². The van der Waals surface area contributed by atoms with Crippen molar-refractivity contribution in [2.24, 2.45) is 10.2 Å². The number of benzene rings is 2. The number of aromatic carboxylic acids is 1. The molecule has 0 saturated carbocycles. The third kappa shape index (κ3) is 2.70. The highest BCUT2D eigenvalue weighted by Gasteiger charge is 2.07. The molecule has 0 aromatic heterocycles. The van der Waals surface area contributed by atoms with Crippen molar-refractivity contribution in [1.29, 1.82) is 0 Å². The lowest BCUT2D eigenvalue weighted by atomic mass is 10.2. The Balaban J connectivity index is 2.29. The first-order valence-electron chi connectivity index (χ1n) is 5.20. The number of carboxylic acids is 1. The number of aromatic hydroxyl groups is 1. The lowest BCUT2D eigenvalue weighted by Crippen LogP contribution is -1.95. The van der Waals surface area contributed by atoms with Crippen molar-refractivity contribution in [2.75, 3.05) is 0 Å². The molecule has 2 rings (SSSR count). The molecule has 90 valence electrons. The number of phenolic OH excluding ortho intramolecular Hbond substituents is 1. The van der Waals surface area contributed by atoms with E-state index < -0.39 is 5.97 Å². The summed E-state index contributed by atoms with van der Waals surface area (Å²) < 4.78 is 0. The molecule has 5 heteroatoms. The van der Waals surface area contributed by atoms with Crippen LogP contribution in [-0.4, -0.2) is 16.2 Å². The lowest BCUT2D eigenvalue weighted by Gasteiger charge is -1.98. The van der Waals surface area contributed by atoms with Crippen LogP contribution >= 0.6 is 0 Å². The second kappa shape index (κ2) is 5.09. The van der Waals surface area contributed by atoms with E-state index in [2.05, 4.69) is 10.2 Å². The van der Waals surface area contributed by atoms with Gasteiger partial charge in [-0.25, -0.2) is 4.79 Å². The summed E-state index contributed by atoms with van der Waals surface area (Å²) in [5.74, 6) is -0.907. The Morgan fingerprint density at radius 1 is 0.944 bits per heavy atom. The van der Waals surface area contributed by atoms with Gasteiger partial charge in [0.05, 0.1) is 11.3 Å². The second-order valence-corrected chi connectivity index (χ2v) is 3.54. The third-order valence-electron chi connectivity index (χ3n) is 2.26. The van der Waals surface area contributed by atoms with E-state index in [4.69, 9.17) is 10.2 Å². The van der Waals surface area contributed by atoms with Crippen molar-refractivity contribution in [3.63, 3.8) is 0 Å². The standard InChI is InChI=1S/C13H10N2O3/c16-10-7-5-9(6-8-10)14-15-12-4-2-1-3-11(12)13(17)18/h1-8,16H,(H,17,18)/b15-14-. The summed E-state index contributed by atoms with van der Waals surface area (Å²) in [6.07, 6.45) is 0. The Bertz CT molecular complexity index is 591. The molecule has 5 nitrogen and oxygen atoms in total. The van der Waals surface area contributed by atoms with Gasteiger partial charge in [-0.05, 0) is 36.4 Å². The molecule has 0 heterocycles. The number of azo groups is 1. The molecule has 0 aliphatic heterocycles. The summed E-state index contributed by atoms with van der Waals surface area (Å²) in [6, 6.07) is 12.5. The number of hydrogen-bond donors (Lipinski definition) is 2. The Kier molecular flexibility index (Phi) is 3.33. The first kappa shape index (κ1) is 11.8. The zero-order valence-electron chi connectivity index (χ0n) is 9.32. The van der Waals surface area contributed by atoms with Gasteiger partial charge in [-0.15, -0.1) is 5.11 Å². The molecule has 18 heavy (non-hydrogen) atoms. The zero-order chi connectivity index (χ0) is 13.0. The number of carboxylic acid groups (broad SMARTS) is 1. The maximum Gasteiger partial charge on any atom is 0.337 e. The van der Waals surface area contributed by atoms with Gasteiger partial charge >= 0.3 is 5.97 Å². The van der Waals surface area contributed by atoms with Gasteiger partial charge in [0.2, 0.25) is 0 Å². The van der Waals surface area contributed by atoms with Gasteiger partial charge in [-0.3, -0.25) is 0 Å². The minimum absolute atomic E-state index is 0.0972. The second-order valence-electron chi connectivity index (χ2n) is 3.54. The summed E-state index contributed by atoms with van der Waals surface area (Å²) in [5, 5.41) is 25.9. The van der Waals surface area contributed by atoms with Crippen LogP contribution in [-0.2, 0) is 0 Å². The van der Waals surface area contributed by atoms with E-state index in [0.717, 1.165) is 0 Å². The van der Waals surface area contributed by atoms with Crippen LogP contribution in [0.2, 0.25) is 0 Å². The van der Waals surface area contributed by atoms with Gasteiger partial charge in [0.1, 0.15) is 11.4 Å². The molecular weight excluding hydrogens is 232 g/mol. The fourth-order valence-corrected chi connectivity index (χ4v) is 1.37. The molecule has 0 atom stereocenters. The number of carbonyl (C=O) groups is 1.